The van der Waals surface area contributed by atoms with Crippen LogP contribution in [0.1, 0.15) is 23.7 Å². The average molecular weight is 285 g/mol. The Labute approximate surface area is 115 Å². The van der Waals surface area contributed by atoms with Gasteiger partial charge in [-0.15, -0.1) is 5.06 Å². The van der Waals surface area contributed by atoms with Gasteiger partial charge in [0, 0.05) is 6.42 Å². The lowest BCUT2D eigenvalue weighted by atomic mass is 9.90. The number of benzene rings is 1. The zero-order valence-corrected chi connectivity index (χ0v) is 11.1. The molecule has 1 heterocycles. The number of aliphatic hydroxyl groups is 1. The van der Waals surface area contributed by atoms with Gasteiger partial charge in [0.25, 0.3) is 5.92 Å². The molecule has 1 aliphatic heterocycles. The van der Waals surface area contributed by atoms with E-state index in [1.807, 2.05) is 0 Å². The first kappa shape index (κ1) is 14.9. The van der Waals surface area contributed by atoms with Crippen LogP contribution in [0.2, 0.25) is 0 Å². The summed E-state index contributed by atoms with van der Waals surface area (Å²) in [5.74, 6) is -4.09. The molecular formula is C14H17F2NO3. The number of carbonyl (C=O) groups excluding carboxylic acids is 1. The zero-order valence-electron chi connectivity index (χ0n) is 11.1. The van der Waals surface area contributed by atoms with Crippen molar-refractivity contribution in [1.82, 2.24) is 5.06 Å². The Morgan fingerprint density at radius 3 is 2.70 bits per heavy atom. The summed E-state index contributed by atoms with van der Waals surface area (Å²) in [6.07, 6.45) is -0.322. The Kier molecular flexibility index (Phi) is 4.35. The van der Waals surface area contributed by atoms with Gasteiger partial charge in [-0.05, 0) is 18.1 Å². The van der Waals surface area contributed by atoms with Crippen LogP contribution < -0.4 is 0 Å². The summed E-state index contributed by atoms with van der Waals surface area (Å²) in [5.41, 5.74) is 0.283. The monoisotopic (exact) mass is 285 g/mol. The van der Waals surface area contributed by atoms with Gasteiger partial charge in [-0.2, -0.15) is 0 Å². The van der Waals surface area contributed by atoms with Crippen LogP contribution in [-0.2, 0) is 4.84 Å². The second-order valence-corrected chi connectivity index (χ2v) is 5.11. The summed E-state index contributed by atoms with van der Waals surface area (Å²) < 4.78 is 27.1. The highest BCUT2D eigenvalue weighted by Gasteiger charge is 2.45. The summed E-state index contributed by atoms with van der Waals surface area (Å²) in [4.78, 5) is 16.9. The number of halogens is 2. The highest BCUT2D eigenvalue weighted by atomic mass is 19.3. The Morgan fingerprint density at radius 2 is 2.10 bits per heavy atom. The molecule has 1 aromatic rings. The second-order valence-electron chi connectivity index (χ2n) is 5.11. The van der Waals surface area contributed by atoms with Crippen molar-refractivity contribution < 1.29 is 23.5 Å². The molecule has 1 saturated heterocycles. The van der Waals surface area contributed by atoms with E-state index >= 15 is 0 Å². The van der Waals surface area contributed by atoms with E-state index in [1.165, 1.54) is 0 Å². The van der Waals surface area contributed by atoms with Gasteiger partial charge in [-0.3, -0.25) is 0 Å². The van der Waals surface area contributed by atoms with Crippen molar-refractivity contribution in [2.75, 3.05) is 13.2 Å². The van der Waals surface area contributed by atoms with E-state index < -0.39 is 30.4 Å². The van der Waals surface area contributed by atoms with Gasteiger partial charge in [-0.1, -0.05) is 25.1 Å². The molecule has 0 aliphatic carbocycles. The van der Waals surface area contributed by atoms with Crippen LogP contribution in [0.25, 0.3) is 0 Å². The van der Waals surface area contributed by atoms with Crippen molar-refractivity contribution in [3.05, 3.63) is 35.9 Å². The number of hydroxylamine groups is 2. The SMILES string of the molecule is CC1CC(F)(F)CN(OC(=O)c2ccccc2)C1CO. The molecule has 110 valence electrons. The van der Waals surface area contributed by atoms with Gasteiger partial charge < -0.3 is 9.94 Å². The zero-order chi connectivity index (χ0) is 14.8. The Bertz CT molecular complexity index is 467. The molecule has 1 fully saturated rings. The number of alkyl halides is 2. The molecule has 6 heteroatoms. The number of hydrogen-bond acceptors (Lipinski definition) is 4. The fourth-order valence-electron chi connectivity index (χ4n) is 2.41. The first-order valence-corrected chi connectivity index (χ1v) is 6.45. The Hall–Kier alpha value is -1.53. The van der Waals surface area contributed by atoms with Gasteiger partial charge >= 0.3 is 5.97 Å². The van der Waals surface area contributed by atoms with Crippen molar-refractivity contribution >= 4 is 5.97 Å². The lowest BCUT2D eigenvalue weighted by Crippen LogP contribution is -2.54. The largest absolute Gasteiger partial charge is 0.395 e. The van der Waals surface area contributed by atoms with E-state index in [0.29, 0.717) is 0 Å². The van der Waals surface area contributed by atoms with Crippen molar-refractivity contribution in [1.29, 1.82) is 0 Å². The molecule has 2 atom stereocenters. The summed E-state index contributed by atoms with van der Waals surface area (Å²) in [6, 6.07) is 7.54. The highest BCUT2D eigenvalue weighted by Crippen LogP contribution is 2.34. The van der Waals surface area contributed by atoms with E-state index in [1.54, 1.807) is 37.3 Å². The van der Waals surface area contributed by atoms with E-state index in [4.69, 9.17) is 4.84 Å². The third kappa shape index (κ3) is 3.32. The van der Waals surface area contributed by atoms with Crippen LogP contribution in [0, 0.1) is 5.92 Å². The van der Waals surface area contributed by atoms with E-state index in [2.05, 4.69) is 0 Å². The van der Waals surface area contributed by atoms with Crippen molar-refractivity contribution in [3.63, 3.8) is 0 Å². The number of aliphatic hydroxyl groups excluding tert-OH is 1. The first-order chi connectivity index (χ1) is 9.43. The van der Waals surface area contributed by atoms with E-state index in [-0.39, 0.29) is 18.6 Å². The standard InChI is InChI=1S/C14H17F2NO3/c1-10-7-14(15,16)9-17(12(10)8-18)20-13(19)11-5-3-2-4-6-11/h2-6,10,12,18H,7-9H2,1H3. The number of hydrogen-bond donors (Lipinski definition) is 1. The maximum atomic E-state index is 13.6. The quantitative estimate of drug-likeness (QED) is 0.924. The number of rotatable bonds is 3. The fraction of sp³-hybridized carbons (Fsp3) is 0.500. The minimum absolute atomic E-state index is 0.283. The molecule has 2 rings (SSSR count). The Morgan fingerprint density at radius 1 is 1.45 bits per heavy atom. The molecular weight excluding hydrogens is 268 g/mol. The fourth-order valence-corrected chi connectivity index (χ4v) is 2.41. The van der Waals surface area contributed by atoms with Crippen LogP contribution in [0.3, 0.4) is 0 Å². The molecule has 1 aromatic carbocycles. The minimum Gasteiger partial charge on any atom is -0.395 e. The number of piperidine rings is 1. The molecule has 0 bridgehead atoms. The van der Waals surface area contributed by atoms with Gasteiger partial charge in [0.2, 0.25) is 0 Å². The average Bonchev–Trinajstić information content (AvgIpc) is 2.38. The molecule has 0 aromatic heterocycles. The lowest BCUT2D eigenvalue weighted by molar-refractivity contribution is -0.229. The Balaban J connectivity index is 2.11. The van der Waals surface area contributed by atoms with Crippen LogP contribution >= 0.6 is 0 Å². The van der Waals surface area contributed by atoms with Gasteiger partial charge in [0.15, 0.2) is 0 Å². The van der Waals surface area contributed by atoms with Gasteiger partial charge in [0.05, 0.1) is 24.8 Å². The summed E-state index contributed by atoms with van der Waals surface area (Å²) in [5, 5.41) is 10.2. The maximum Gasteiger partial charge on any atom is 0.357 e. The van der Waals surface area contributed by atoms with E-state index in [9.17, 15) is 18.7 Å². The number of nitrogens with zero attached hydrogens (tertiary/aromatic N) is 1. The second kappa shape index (κ2) is 5.85. The molecule has 0 spiro atoms. The molecule has 0 amide bonds. The number of carbonyl (C=O) groups is 1. The van der Waals surface area contributed by atoms with Gasteiger partial charge in [0.1, 0.15) is 0 Å². The smallest absolute Gasteiger partial charge is 0.357 e. The maximum absolute atomic E-state index is 13.6. The molecule has 2 unspecified atom stereocenters. The summed E-state index contributed by atoms with van der Waals surface area (Å²) >= 11 is 0. The van der Waals surface area contributed by atoms with Crippen LogP contribution in [0.15, 0.2) is 30.3 Å². The van der Waals surface area contributed by atoms with E-state index in [0.717, 1.165) is 5.06 Å². The van der Waals surface area contributed by atoms with Crippen molar-refractivity contribution in [2.45, 2.75) is 25.3 Å². The molecule has 0 radical (unpaired) electrons. The van der Waals surface area contributed by atoms with Gasteiger partial charge in [-0.25, -0.2) is 13.6 Å². The third-order valence-electron chi connectivity index (χ3n) is 3.43. The van der Waals surface area contributed by atoms with Crippen LogP contribution in [-0.4, -0.2) is 41.3 Å². The minimum atomic E-state index is -2.93. The third-order valence-corrected chi connectivity index (χ3v) is 3.43. The topological polar surface area (TPSA) is 49.8 Å². The molecule has 20 heavy (non-hydrogen) atoms. The van der Waals surface area contributed by atoms with Crippen LogP contribution in [0.4, 0.5) is 8.78 Å². The molecule has 4 nitrogen and oxygen atoms in total. The first-order valence-electron chi connectivity index (χ1n) is 6.45. The van der Waals surface area contributed by atoms with Crippen molar-refractivity contribution in [3.8, 4) is 0 Å². The molecule has 1 N–H and O–H groups in total. The predicted octanol–water partition coefficient (Wildman–Crippen LogP) is 2.10. The normalized spacial score (nSPS) is 26.2. The highest BCUT2D eigenvalue weighted by molar-refractivity contribution is 5.89. The molecule has 0 saturated carbocycles. The molecule has 1 aliphatic rings. The lowest BCUT2D eigenvalue weighted by Gasteiger charge is -2.40. The summed E-state index contributed by atoms with van der Waals surface area (Å²) in [6.45, 7) is 0.581. The van der Waals surface area contributed by atoms with Crippen LogP contribution in [0.5, 0.6) is 0 Å². The predicted molar refractivity (Wildman–Crippen MR) is 68.2 cm³/mol. The summed E-state index contributed by atoms with van der Waals surface area (Å²) in [7, 11) is 0. The van der Waals surface area contributed by atoms with Crippen molar-refractivity contribution in [2.24, 2.45) is 5.92 Å².